The Hall–Kier alpha value is -0.800. The van der Waals surface area contributed by atoms with Gasteiger partial charge in [-0.3, -0.25) is 0 Å². The molecule has 0 saturated heterocycles. The van der Waals surface area contributed by atoms with E-state index in [-0.39, 0.29) is 6.61 Å². The van der Waals surface area contributed by atoms with E-state index in [0.717, 1.165) is 18.7 Å². The third-order valence-corrected chi connectivity index (χ3v) is 2.11. The van der Waals surface area contributed by atoms with Crippen molar-refractivity contribution in [3.8, 4) is 0 Å². The quantitative estimate of drug-likeness (QED) is 0.729. The van der Waals surface area contributed by atoms with E-state index in [9.17, 15) is 0 Å². The first kappa shape index (κ1) is 10.3. The molecule has 13 heavy (non-hydrogen) atoms. The summed E-state index contributed by atoms with van der Waals surface area (Å²) in [6, 6.07) is 4.19. The van der Waals surface area contributed by atoms with Gasteiger partial charge in [0, 0.05) is 6.04 Å². The molecule has 3 heteroatoms. The Kier molecular flexibility index (Phi) is 3.99. The number of hydrogen-bond acceptors (Lipinski definition) is 3. The molecule has 3 nitrogen and oxygen atoms in total. The van der Waals surface area contributed by atoms with E-state index in [1.165, 1.54) is 0 Å². The number of aliphatic hydroxyl groups excluding tert-OH is 1. The lowest BCUT2D eigenvalue weighted by atomic mass is 10.2. The van der Waals surface area contributed by atoms with Gasteiger partial charge in [0.1, 0.15) is 18.1 Å². The van der Waals surface area contributed by atoms with E-state index < -0.39 is 0 Å². The van der Waals surface area contributed by atoms with Crippen molar-refractivity contribution in [1.29, 1.82) is 0 Å². The van der Waals surface area contributed by atoms with Gasteiger partial charge < -0.3 is 14.8 Å². The van der Waals surface area contributed by atoms with Crippen LogP contribution in [0.3, 0.4) is 0 Å². The zero-order chi connectivity index (χ0) is 9.68. The zero-order valence-corrected chi connectivity index (χ0v) is 8.21. The van der Waals surface area contributed by atoms with Gasteiger partial charge in [0.05, 0.1) is 6.54 Å². The van der Waals surface area contributed by atoms with Gasteiger partial charge in [-0.1, -0.05) is 6.92 Å². The van der Waals surface area contributed by atoms with Gasteiger partial charge >= 0.3 is 0 Å². The predicted molar refractivity (Wildman–Crippen MR) is 51.2 cm³/mol. The maximum atomic E-state index is 8.76. The Balaban J connectivity index is 2.36. The Morgan fingerprint density at radius 2 is 2.15 bits per heavy atom. The van der Waals surface area contributed by atoms with Crippen LogP contribution in [-0.4, -0.2) is 11.1 Å². The van der Waals surface area contributed by atoms with Crippen LogP contribution in [0.15, 0.2) is 16.5 Å². The molecule has 0 amide bonds. The molecule has 1 aromatic rings. The molecule has 1 heterocycles. The fourth-order valence-corrected chi connectivity index (χ4v) is 1.02. The van der Waals surface area contributed by atoms with E-state index in [1.54, 1.807) is 6.07 Å². The van der Waals surface area contributed by atoms with Gasteiger partial charge in [0.2, 0.25) is 0 Å². The van der Waals surface area contributed by atoms with Crippen molar-refractivity contribution in [3.63, 3.8) is 0 Å². The highest BCUT2D eigenvalue weighted by Crippen LogP contribution is 2.07. The molecular weight excluding hydrogens is 166 g/mol. The van der Waals surface area contributed by atoms with Crippen molar-refractivity contribution < 1.29 is 9.52 Å². The van der Waals surface area contributed by atoms with Gasteiger partial charge in [-0.2, -0.15) is 0 Å². The highest BCUT2D eigenvalue weighted by Gasteiger charge is 2.02. The minimum atomic E-state index is -0.0245. The maximum absolute atomic E-state index is 8.76. The monoisotopic (exact) mass is 183 g/mol. The summed E-state index contributed by atoms with van der Waals surface area (Å²) >= 11 is 0. The van der Waals surface area contributed by atoms with E-state index in [2.05, 4.69) is 19.2 Å². The topological polar surface area (TPSA) is 45.4 Å². The molecule has 1 atom stereocenters. The Morgan fingerprint density at radius 3 is 2.69 bits per heavy atom. The van der Waals surface area contributed by atoms with Crippen LogP contribution in [-0.2, 0) is 13.2 Å². The Labute approximate surface area is 78.8 Å². The molecule has 1 rings (SSSR count). The lowest BCUT2D eigenvalue weighted by molar-refractivity contribution is 0.242. The predicted octanol–water partition coefficient (Wildman–Crippen LogP) is 1.66. The summed E-state index contributed by atoms with van der Waals surface area (Å²) in [7, 11) is 0. The standard InChI is InChI=1S/C10H17NO2/c1-3-8(2)11-6-9-4-5-10(7-12)13-9/h4-5,8,11-12H,3,6-7H2,1-2H3/t8-/m1/s1. The minimum absolute atomic E-state index is 0.0245. The zero-order valence-electron chi connectivity index (χ0n) is 8.21. The first-order chi connectivity index (χ1) is 6.26. The molecule has 0 bridgehead atoms. The molecule has 0 aromatic carbocycles. The van der Waals surface area contributed by atoms with E-state index >= 15 is 0 Å². The normalized spacial score (nSPS) is 13.2. The number of nitrogens with one attached hydrogen (secondary N) is 1. The fourth-order valence-electron chi connectivity index (χ4n) is 1.02. The van der Waals surface area contributed by atoms with Crippen molar-refractivity contribution >= 4 is 0 Å². The maximum Gasteiger partial charge on any atom is 0.129 e. The van der Waals surface area contributed by atoms with E-state index in [4.69, 9.17) is 9.52 Å². The van der Waals surface area contributed by atoms with E-state index in [0.29, 0.717) is 11.8 Å². The molecule has 0 unspecified atom stereocenters. The van der Waals surface area contributed by atoms with Crippen molar-refractivity contribution in [3.05, 3.63) is 23.7 Å². The van der Waals surface area contributed by atoms with Crippen LogP contribution in [0.25, 0.3) is 0 Å². The van der Waals surface area contributed by atoms with E-state index in [1.807, 2.05) is 6.07 Å². The van der Waals surface area contributed by atoms with Crippen molar-refractivity contribution in [1.82, 2.24) is 5.32 Å². The molecule has 0 fully saturated rings. The van der Waals surface area contributed by atoms with Crippen LogP contribution in [0.4, 0.5) is 0 Å². The SMILES string of the molecule is CC[C@@H](C)NCc1ccc(CO)o1. The largest absolute Gasteiger partial charge is 0.462 e. The highest BCUT2D eigenvalue weighted by atomic mass is 16.4. The number of furan rings is 1. The van der Waals surface area contributed by atoms with Crippen LogP contribution in [0.1, 0.15) is 31.8 Å². The van der Waals surface area contributed by atoms with Crippen LogP contribution in [0, 0.1) is 0 Å². The molecule has 2 N–H and O–H groups in total. The van der Waals surface area contributed by atoms with Gasteiger partial charge in [0.15, 0.2) is 0 Å². The molecule has 0 saturated carbocycles. The molecule has 0 spiro atoms. The van der Waals surface area contributed by atoms with Crippen LogP contribution >= 0.6 is 0 Å². The van der Waals surface area contributed by atoms with Gasteiger partial charge in [-0.25, -0.2) is 0 Å². The highest BCUT2D eigenvalue weighted by molar-refractivity contribution is 5.06. The molecule has 74 valence electrons. The van der Waals surface area contributed by atoms with Crippen LogP contribution < -0.4 is 5.32 Å². The number of hydrogen-bond donors (Lipinski definition) is 2. The summed E-state index contributed by atoms with van der Waals surface area (Å²) in [4.78, 5) is 0. The summed E-state index contributed by atoms with van der Waals surface area (Å²) in [5, 5.41) is 12.1. The second-order valence-corrected chi connectivity index (χ2v) is 3.22. The summed E-state index contributed by atoms with van der Waals surface area (Å²) in [5.41, 5.74) is 0. The second-order valence-electron chi connectivity index (χ2n) is 3.22. The second kappa shape index (κ2) is 5.04. The summed E-state index contributed by atoms with van der Waals surface area (Å²) in [6.07, 6.45) is 1.10. The molecule has 0 radical (unpaired) electrons. The molecule has 0 aliphatic carbocycles. The fraction of sp³-hybridized carbons (Fsp3) is 0.600. The Morgan fingerprint density at radius 1 is 1.46 bits per heavy atom. The average molecular weight is 183 g/mol. The molecular formula is C10H17NO2. The summed E-state index contributed by atoms with van der Waals surface area (Å²) in [5.74, 6) is 1.50. The third kappa shape index (κ3) is 3.20. The molecule has 0 aliphatic rings. The molecule has 1 aromatic heterocycles. The third-order valence-electron chi connectivity index (χ3n) is 2.11. The first-order valence-electron chi connectivity index (χ1n) is 4.68. The van der Waals surface area contributed by atoms with Gasteiger partial charge in [-0.15, -0.1) is 0 Å². The average Bonchev–Trinajstić information content (AvgIpc) is 2.61. The van der Waals surface area contributed by atoms with Crippen molar-refractivity contribution in [2.75, 3.05) is 0 Å². The first-order valence-corrected chi connectivity index (χ1v) is 4.68. The van der Waals surface area contributed by atoms with Crippen LogP contribution in [0.2, 0.25) is 0 Å². The van der Waals surface area contributed by atoms with Crippen molar-refractivity contribution in [2.45, 2.75) is 39.5 Å². The van der Waals surface area contributed by atoms with Gasteiger partial charge in [0.25, 0.3) is 0 Å². The minimum Gasteiger partial charge on any atom is -0.462 e. The van der Waals surface area contributed by atoms with Crippen LogP contribution in [0.5, 0.6) is 0 Å². The smallest absolute Gasteiger partial charge is 0.129 e. The van der Waals surface area contributed by atoms with Gasteiger partial charge in [-0.05, 0) is 25.5 Å². The van der Waals surface area contributed by atoms with Crippen molar-refractivity contribution in [2.24, 2.45) is 0 Å². The summed E-state index contributed by atoms with van der Waals surface area (Å²) < 4.78 is 5.32. The summed E-state index contributed by atoms with van der Waals surface area (Å²) in [6.45, 7) is 4.98. The molecule has 0 aliphatic heterocycles. The Bertz CT molecular complexity index is 245. The lowest BCUT2D eigenvalue weighted by Crippen LogP contribution is -2.24. The number of rotatable bonds is 5. The lowest BCUT2D eigenvalue weighted by Gasteiger charge is -2.08. The number of aliphatic hydroxyl groups is 1.